The third-order valence-corrected chi connectivity index (χ3v) is 3.71. The molecular formula is C19H16ClF2NO6. The molecule has 0 saturated carbocycles. The lowest BCUT2D eigenvalue weighted by Gasteiger charge is -2.10. The van der Waals surface area contributed by atoms with Crippen LogP contribution in [0.4, 0.5) is 14.5 Å². The number of carbonyl (C=O) groups excluding carboxylic acids is 3. The van der Waals surface area contributed by atoms with E-state index in [1.807, 2.05) is 0 Å². The van der Waals surface area contributed by atoms with Crippen molar-refractivity contribution in [3.63, 3.8) is 0 Å². The highest BCUT2D eigenvalue weighted by Crippen LogP contribution is 2.28. The summed E-state index contributed by atoms with van der Waals surface area (Å²) in [5, 5.41) is 2.27. The number of anilines is 1. The first-order valence-electron chi connectivity index (χ1n) is 8.18. The number of benzene rings is 2. The van der Waals surface area contributed by atoms with Crippen LogP contribution in [-0.4, -0.2) is 37.5 Å². The molecule has 0 bridgehead atoms. The minimum atomic E-state index is -3.03. The zero-order valence-electron chi connectivity index (χ0n) is 15.1. The van der Waals surface area contributed by atoms with Gasteiger partial charge >= 0.3 is 12.6 Å². The van der Waals surface area contributed by atoms with Gasteiger partial charge in [0.25, 0.3) is 5.91 Å². The molecule has 0 fully saturated rings. The van der Waals surface area contributed by atoms with E-state index in [4.69, 9.17) is 21.1 Å². The van der Waals surface area contributed by atoms with Crippen LogP contribution in [0.2, 0.25) is 5.02 Å². The molecule has 0 spiro atoms. The maximum atomic E-state index is 12.2. The summed E-state index contributed by atoms with van der Waals surface area (Å²) >= 11 is 5.78. The summed E-state index contributed by atoms with van der Waals surface area (Å²) in [6.07, 6.45) is 0. The van der Waals surface area contributed by atoms with Gasteiger partial charge in [-0.25, -0.2) is 4.79 Å². The molecule has 0 aliphatic carbocycles. The molecule has 2 aromatic rings. The number of rotatable bonds is 9. The summed E-state index contributed by atoms with van der Waals surface area (Å²) in [6.45, 7) is -2.62. The number of hydrogen-bond acceptors (Lipinski definition) is 6. The average Bonchev–Trinajstić information content (AvgIpc) is 2.67. The maximum Gasteiger partial charge on any atom is 0.387 e. The standard InChI is InChI=1S/C19H16ClF2NO6/c1-11(24)12-2-5-14(6-3-12)27-10-18(26)28-9-17(25)23-13-4-7-16(15(20)8-13)29-19(21)22/h2-8,19H,9-10H2,1H3,(H,23,25). The smallest absolute Gasteiger partial charge is 0.387 e. The van der Waals surface area contributed by atoms with Crippen LogP contribution in [0.3, 0.4) is 0 Å². The molecule has 0 atom stereocenters. The van der Waals surface area contributed by atoms with Gasteiger partial charge in [0, 0.05) is 11.3 Å². The Labute approximate surface area is 169 Å². The summed E-state index contributed by atoms with van der Waals surface area (Å²) in [6, 6.07) is 9.85. The number of nitrogens with one attached hydrogen (secondary N) is 1. The lowest BCUT2D eigenvalue weighted by Crippen LogP contribution is -2.23. The van der Waals surface area contributed by atoms with E-state index in [2.05, 4.69) is 10.1 Å². The maximum absolute atomic E-state index is 12.2. The second-order valence-corrected chi connectivity index (χ2v) is 6.01. The molecule has 0 unspecified atom stereocenters. The van der Waals surface area contributed by atoms with Crippen molar-refractivity contribution in [2.45, 2.75) is 13.5 Å². The van der Waals surface area contributed by atoms with Crippen molar-refractivity contribution in [3.05, 3.63) is 53.1 Å². The van der Waals surface area contributed by atoms with Crippen molar-refractivity contribution < 1.29 is 37.4 Å². The average molecular weight is 428 g/mol. The SMILES string of the molecule is CC(=O)c1ccc(OCC(=O)OCC(=O)Nc2ccc(OC(F)F)c(Cl)c2)cc1. The lowest BCUT2D eigenvalue weighted by atomic mass is 10.1. The number of esters is 1. The molecule has 2 rings (SSSR count). The Morgan fingerprint density at radius 1 is 1.07 bits per heavy atom. The van der Waals surface area contributed by atoms with Crippen LogP contribution < -0.4 is 14.8 Å². The molecule has 0 aliphatic rings. The Kier molecular flexibility index (Phi) is 7.90. The fourth-order valence-corrected chi connectivity index (χ4v) is 2.31. The van der Waals surface area contributed by atoms with Gasteiger partial charge in [-0.05, 0) is 49.4 Å². The predicted octanol–water partition coefficient (Wildman–Crippen LogP) is 3.70. The van der Waals surface area contributed by atoms with E-state index in [0.29, 0.717) is 11.3 Å². The Balaban J connectivity index is 1.76. The van der Waals surface area contributed by atoms with Crippen LogP contribution in [0, 0.1) is 0 Å². The van der Waals surface area contributed by atoms with Gasteiger partial charge in [0.05, 0.1) is 5.02 Å². The van der Waals surface area contributed by atoms with Gasteiger partial charge in [-0.3, -0.25) is 9.59 Å². The number of carbonyl (C=O) groups is 3. The predicted molar refractivity (Wildman–Crippen MR) is 99.6 cm³/mol. The Morgan fingerprint density at radius 3 is 2.34 bits per heavy atom. The third kappa shape index (κ3) is 7.38. The minimum Gasteiger partial charge on any atom is -0.482 e. The van der Waals surface area contributed by atoms with E-state index in [-0.39, 0.29) is 22.2 Å². The van der Waals surface area contributed by atoms with Crippen LogP contribution in [-0.2, 0) is 14.3 Å². The summed E-state index contributed by atoms with van der Waals surface area (Å²) in [4.78, 5) is 34.7. The fraction of sp³-hybridized carbons (Fsp3) is 0.211. The van der Waals surface area contributed by atoms with Gasteiger partial charge in [0.2, 0.25) is 0 Å². The first kappa shape index (κ1) is 22.1. The summed E-state index contributed by atoms with van der Waals surface area (Å²) in [5.41, 5.74) is 0.713. The molecule has 2 aromatic carbocycles. The fourth-order valence-electron chi connectivity index (χ4n) is 2.08. The summed E-state index contributed by atoms with van der Waals surface area (Å²) < 4.78 is 38.5. The zero-order chi connectivity index (χ0) is 21.4. The van der Waals surface area contributed by atoms with E-state index >= 15 is 0 Å². The molecule has 1 amide bonds. The quantitative estimate of drug-likeness (QED) is 0.484. The van der Waals surface area contributed by atoms with Crippen LogP contribution in [0.5, 0.6) is 11.5 Å². The van der Waals surface area contributed by atoms with Crippen LogP contribution in [0.15, 0.2) is 42.5 Å². The molecule has 10 heteroatoms. The molecule has 29 heavy (non-hydrogen) atoms. The molecular weight excluding hydrogens is 412 g/mol. The number of alkyl halides is 2. The van der Waals surface area contributed by atoms with Crippen molar-refractivity contribution in [3.8, 4) is 11.5 Å². The van der Waals surface area contributed by atoms with Crippen LogP contribution >= 0.6 is 11.6 Å². The summed E-state index contributed by atoms with van der Waals surface area (Å²) in [5.74, 6) is -1.42. The second-order valence-electron chi connectivity index (χ2n) is 5.60. The largest absolute Gasteiger partial charge is 0.482 e. The lowest BCUT2D eigenvalue weighted by molar-refractivity contribution is -0.149. The number of Topliss-reactive ketones (excluding diaryl/α,β-unsaturated/α-hetero) is 1. The van der Waals surface area contributed by atoms with Gasteiger partial charge < -0.3 is 19.5 Å². The molecule has 0 heterocycles. The first-order chi connectivity index (χ1) is 13.7. The van der Waals surface area contributed by atoms with E-state index in [1.54, 1.807) is 12.1 Å². The van der Waals surface area contributed by atoms with Gasteiger partial charge in [-0.1, -0.05) is 11.6 Å². The molecule has 154 valence electrons. The van der Waals surface area contributed by atoms with Crippen LogP contribution in [0.25, 0.3) is 0 Å². The van der Waals surface area contributed by atoms with Crippen LogP contribution in [0.1, 0.15) is 17.3 Å². The van der Waals surface area contributed by atoms with E-state index in [1.165, 1.54) is 37.3 Å². The van der Waals surface area contributed by atoms with Crippen molar-refractivity contribution >= 4 is 34.9 Å². The Morgan fingerprint density at radius 2 is 1.76 bits per heavy atom. The number of amides is 1. The summed E-state index contributed by atoms with van der Waals surface area (Å²) in [7, 11) is 0. The topological polar surface area (TPSA) is 90.9 Å². The van der Waals surface area contributed by atoms with Gasteiger partial charge in [0.15, 0.2) is 19.0 Å². The number of ether oxygens (including phenoxy) is 3. The van der Waals surface area contributed by atoms with Crippen molar-refractivity contribution in [1.82, 2.24) is 0 Å². The molecule has 0 saturated heterocycles. The van der Waals surface area contributed by atoms with Gasteiger partial charge in [-0.2, -0.15) is 8.78 Å². The second kappa shape index (κ2) is 10.4. The van der Waals surface area contributed by atoms with Gasteiger partial charge in [0.1, 0.15) is 11.5 Å². The van der Waals surface area contributed by atoms with E-state index in [9.17, 15) is 23.2 Å². The van der Waals surface area contributed by atoms with Crippen molar-refractivity contribution in [1.29, 1.82) is 0 Å². The van der Waals surface area contributed by atoms with Gasteiger partial charge in [-0.15, -0.1) is 0 Å². The highest BCUT2D eigenvalue weighted by molar-refractivity contribution is 6.32. The number of ketones is 1. The number of halogens is 3. The number of hydrogen-bond donors (Lipinski definition) is 1. The first-order valence-corrected chi connectivity index (χ1v) is 8.56. The molecule has 0 aliphatic heterocycles. The zero-order valence-corrected chi connectivity index (χ0v) is 15.9. The Hall–Kier alpha value is -3.20. The third-order valence-electron chi connectivity index (χ3n) is 3.41. The normalized spacial score (nSPS) is 10.4. The molecule has 7 nitrogen and oxygen atoms in total. The molecule has 0 aromatic heterocycles. The van der Waals surface area contributed by atoms with Crippen molar-refractivity contribution in [2.75, 3.05) is 18.5 Å². The van der Waals surface area contributed by atoms with E-state index < -0.39 is 31.7 Å². The Bertz CT molecular complexity index is 889. The highest BCUT2D eigenvalue weighted by atomic mass is 35.5. The van der Waals surface area contributed by atoms with Crippen molar-refractivity contribution in [2.24, 2.45) is 0 Å². The van der Waals surface area contributed by atoms with E-state index in [0.717, 1.165) is 0 Å². The monoisotopic (exact) mass is 427 g/mol. The molecule has 1 N–H and O–H groups in total. The minimum absolute atomic E-state index is 0.0977. The molecule has 0 radical (unpaired) electrons. The highest BCUT2D eigenvalue weighted by Gasteiger charge is 2.12.